The smallest absolute Gasteiger partial charge is 0.327 e. The van der Waals surface area contributed by atoms with Gasteiger partial charge in [0.1, 0.15) is 5.82 Å². The second-order valence-corrected chi connectivity index (χ2v) is 4.20. The van der Waals surface area contributed by atoms with Crippen molar-refractivity contribution in [3.05, 3.63) is 33.5 Å². The van der Waals surface area contributed by atoms with Crippen LogP contribution in [0.3, 0.4) is 0 Å². The summed E-state index contributed by atoms with van der Waals surface area (Å²) in [6.07, 6.45) is -3.04. The van der Waals surface area contributed by atoms with Crippen molar-refractivity contribution < 1.29 is 22.7 Å². The molecule has 1 aromatic rings. The van der Waals surface area contributed by atoms with Crippen LogP contribution >= 0.6 is 15.9 Å². The van der Waals surface area contributed by atoms with Crippen molar-refractivity contribution in [2.24, 2.45) is 0 Å². The number of benzene rings is 1. The molecule has 0 aliphatic rings. The SMILES string of the molecule is COC(=O)C(C#N)c1cc(Br)cc(C(F)F)c1F. The van der Waals surface area contributed by atoms with Gasteiger partial charge in [-0.3, -0.25) is 4.79 Å². The summed E-state index contributed by atoms with van der Waals surface area (Å²) < 4.78 is 43.4. The summed E-state index contributed by atoms with van der Waals surface area (Å²) in [5, 5.41) is 8.81. The topological polar surface area (TPSA) is 50.1 Å². The minimum atomic E-state index is -3.04. The third-order valence-corrected chi connectivity index (χ3v) is 2.66. The van der Waals surface area contributed by atoms with Crippen LogP contribution < -0.4 is 0 Å². The fourth-order valence-electron chi connectivity index (χ4n) is 1.37. The fourth-order valence-corrected chi connectivity index (χ4v) is 1.86. The molecular formula is C11H7BrF3NO2. The van der Waals surface area contributed by atoms with Gasteiger partial charge in [0.2, 0.25) is 0 Å². The Morgan fingerprint density at radius 3 is 2.44 bits per heavy atom. The Morgan fingerprint density at radius 2 is 2.00 bits per heavy atom. The maximum Gasteiger partial charge on any atom is 0.327 e. The molecule has 0 N–H and O–H groups in total. The lowest BCUT2D eigenvalue weighted by molar-refractivity contribution is -0.141. The zero-order valence-electron chi connectivity index (χ0n) is 9.08. The predicted octanol–water partition coefficient (Wildman–Crippen LogP) is 3.31. The van der Waals surface area contributed by atoms with Crippen molar-refractivity contribution in [3.8, 4) is 6.07 Å². The molecule has 0 heterocycles. The van der Waals surface area contributed by atoms with Gasteiger partial charge >= 0.3 is 5.97 Å². The molecule has 0 radical (unpaired) electrons. The lowest BCUT2D eigenvalue weighted by Gasteiger charge is -2.12. The van der Waals surface area contributed by atoms with Gasteiger partial charge in [0, 0.05) is 10.0 Å². The number of carbonyl (C=O) groups is 1. The zero-order chi connectivity index (χ0) is 13.9. The maximum absolute atomic E-state index is 13.8. The Hall–Kier alpha value is -1.55. The molecule has 0 aliphatic heterocycles. The van der Waals surface area contributed by atoms with Gasteiger partial charge in [-0.1, -0.05) is 15.9 Å². The van der Waals surface area contributed by atoms with Gasteiger partial charge in [-0.25, -0.2) is 13.2 Å². The first-order valence-electron chi connectivity index (χ1n) is 4.66. The molecular weight excluding hydrogens is 315 g/mol. The standard InChI is InChI=1S/C11H7BrF3NO2/c1-18-11(17)8(4-16)6-2-5(12)3-7(9(6)13)10(14)15/h2-3,8,10H,1H3. The number of hydrogen-bond acceptors (Lipinski definition) is 3. The molecule has 0 aliphatic carbocycles. The Balaban J connectivity index is 3.41. The van der Waals surface area contributed by atoms with Crippen LogP contribution in [0, 0.1) is 17.1 Å². The van der Waals surface area contributed by atoms with Crippen LogP contribution in [0.15, 0.2) is 16.6 Å². The van der Waals surface area contributed by atoms with Gasteiger partial charge in [0.25, 0.3) is 6.43 Å². The van der Waals surface area contributed by atoms with Crippen molar-refractivity contribution in [2.75, 3.05) is 7.11 Å². The molecule has 0 saturated carbocycles. The molecule has 18 heavy (non-hydrogen) atoms. The van der Waals surface area contributed by atoms with E-state index in [0.29, 0.717) is 0 Å². The van der Waals surface area contributed by atoms with Crippen LogP contribution in [-0.4, -0.2) is 13.1 Å². The molecule has 1 rings (SSSR count). The van der Waals surface area contributed by atoms with Crippen molar-refractivity contribution >= 4 is 21.9 Å². The Bertz CT molecular complexity index is 514. The molecule has 1 unspecified atom stereocenters. The number of carbonyl (C=O) groups excluding carboxylic acids is 1. The number of rotatable bonds is 3. The van der Waals surface area contributed by atoms with Crippen molar-refractivity contribution in [3.63, 3.8) is 0 Å². The van der Waals surface area contributed by atoms with Gasteiger partial charge in [-0.2, -0.15) is 5.26 Å². The van der Waals surface area contributed by atoms with Crippen molar-refractivity contribution in [1.29, 1.82) is 5.26 Å². The fraction of sp³-hybridized carbons (Fsp3) is 0.273. The predicted molar refractivity (Wildman–Crippen MR) is 59.4 cm³/mol. The van der Waals surface area contributed by atoms with E-state index in [1.54, 1.807) is 0 Å². The number of esters is 1. The number of alkyl halides is 2. The molecule has 1 aromatic carbocycles. The lowest BCUT2D eigenvalue weighted by atomic mass is 9.98. The average molecular weight is 322 g/mol. The van der Waals surface area contributed by atoms with Crippen LogP contribution in [0.25, 0.3) is 0 Å². The van der Waals surface area contributed by atoms with Crippen LogP contribution in [0.2, 0.25) is 0 Å². The van der Waals surface area contributed by atoms with Gasteiger partial charge in [-0.15, -0.1) is 0 Å². The van der Waals surface area contributed by atoms with E-state index in [1.807, 2.05) is 0 Å². The van der Waals surface area contributed by atoms with Crippen LogP contribution in [0.4, 0.5) is 13.2 Å². The molecule has 1 atom stereocenters. The third kappa shape index (κ3) is 2.82. The Kier molecular flexibility index (Phi) is 4.73. The summed E-state index contributed by atoms with van der Waals surface area (Å²) in [6, 6.07) is 3.52. The van der Waals surface area contributed by atoms with Gasteiger partial charge < -0.3 is 4.74 Å². The summed E-state index contributed by atoms with van der Waals surface area (Å²) in [7, 11) is 1.02. The first-order valence-corrected chi connectivity index (χ1v) is 5.46. The molecule has 0 spiro atoms. The number of ether oxygens (including phenoxy) is 1. The molecule has 3 nitrogen and oxygen atoms in total. The van der Waals surface area contributed by atoms with E-state index < -0.39 is 35.3 Å². The number of hydrogen-bond donors (Lipinski definition) is 0. The molecule has 0 saturated heterocycles. The van der Waals surface area contributed by atoms with Crippen LogP contribution in [0.1, 0.15) is 23.5 Å². The van der Waals surface area contributed by atoms with E-state index in [1.165, 1.54) is 6.07 Å². The highest BCUT2D eigenvalue weighted by Crippen LogP contribution is 2.32. The first kappa shape index (κ1) is 14.5. The van der Waals surface area contributed by atoms with Crippen LogP contribution in [-0.2, 0) is 9.53 Å². The molecule has 0 aromatic heterocycles. The molecule has 0 amide bonds. The highest BCUT2D eigenvalue weighted by Gasteiger charge is 2.28. The minimum absolute atomic E-state index is 0.151. The zero-order valence-corrected chi connectivity index (χ0v) is 10.7. The third-order valence-electron chi connectivity index (χ3n) is 2.21. The van der Waals surface area contributed by atoms with Gasteiger partial charge in [-0.05, 0) is 12.1 Å². The van der Waals surface area contributed by atoms with E-state index >= 15 is 0 Å². The van der Waals surface area contributed by atoms with E-state index in [9.17, 15) is 18.0 Å². The molecule has 0 fully saturated rings. The largest absolute Gasteiger partial charge is 0.468 e. The summed E-state index contributed by atoms with van der Waals surface area (Å²) in [5.74, 6) is -3.86. The maximum atomic E-state index is 13.8. The Labute approximate surface area is 109 Å². The highest BCUT2D eigenvalue weighted by molar-refractivity contribution is 9.10. The van der Waals surface area contributed by atoms with Gasteiger partial charge in [0.05, 0.1) is 18.7 Å². The number of nitrogens with zero attached hydrogens (tertiary/aromatic N) is 1. The van der Waals surface area contributed by atoms with Gasteiger partial charge in [0.15, 0.2) is 5.92 Å². The van der Waals surface area contributed by atoms with Crippen molar-refractivity contribution in [1.82, 2.24) is 0 Å². The summed E-state index contributed by atoms with van der Waals surface area (Å²) in [5.41, 5.74) is -1.31. The van der Waals surface area contributed by atoms with Crippen molar-refractivity contribution in [2.45, 2.75) is 12.3 Å². The second kappa shape index (κ2) is 5.87. The monoisotopic (exact) mass is 321 g/mol. The normalized spacial score (nSPS) is 12.1. The second-order valence-electron chi connectivity index (χ2n) is 3.28. The first-order chi connectivity index (χ1) is 8.42. The number of nitriles is 1. The Morgan fingerprint density at radius 1 is 1.44 bits per heavy atom. The number of methoxy groups -OCH3 is 1. The van der Waals surface area contributed by atoms with E-state index in [2.05, 4.69) is 20.7 Å². The highest BCUT2D eigenvalue weighted by atomic mass is 79.9. The van der Waals surface area contributed by atoms with E-state index in [4.69, 9.17) is 5.26 Å². The molecule has 0 bridgehead atoms. The lowest BCUT2D eigenvalue weighted by Crippen LogP contribution is -2.15. The minimum Gasteiger partial charge on any atom is -0.468 e. The van der Waals surface area contributed by atoms with E-state index in [-0.39, 0.29) is 4.47 Å². The summed E-state index contributed by atoms with van der Waals surface area (Å²) in [6.45, 7) is 0. The number of halogens is 4. The average Bonchev–Trinajstić information content (AvgIpc) is 2.33. The summed E-state index contributed by atoms with van der Waals surface area (Å²) >= 11 is 2.92. The quantitative estimate of drug-likeness (QED) is 0.802. The summed E-state index contributed by atoms with van der Waals surface area (Å²) in [4.78, 5) is 11.3. The molecule has 96 valence electrons. The van der Waals surface area contributed by atoms with Crippen LogP contribution in [0.5, 0.6) is 0 Å². The molecule has 7 heteroatoms. The van der Waals surface area contributed by atoms with E-state index in [0.717, 1.165) is 19.2 Å².